The first-order chi connectivity index (χ1) is 12.6. The van der Waals surface area contributed by atoms with Gasteiger partial charge in [-0.15, -0.1) is 11.3 Å². The molecule has 0 unspecified atom stereocenters. The summed E-state index contributed by atoms with van der Waals surface area (Å²) in [6.45, 7) is 2.17. The molecular formula is C20H18ClFN2OS. The van der Waals surface area contributed by atoms with E-state index in [0.717, 1.165) is 18.8 Å². The summed E-state index contributed by atoms with van der Waals surface area (Å²) in [5.41, 5.74) is 1.90. The first-order valence-electron chi connectivity index (χ1n) is 8.66. The Balaban J connectivity index is 1.52. The van der Waals surface area contributed by atoms with Crippen molar-refractivity contribution in [3.8, 4) is 0 Å². The number of halogens is 2. The number of benzene rings is 2. The zero-order valence-corrected chi connectivity index (χ0v) is 15.7. The van der Waals surface area contributed by atoms with Crippen molar-refractivity contribution in [2.75, 3.05) is 23.3 Å². The molecule has 3 nitrogen and oxygen atoms in total. The lowest BCUT2D eigenvalue weighted by Crippen LogP contribution is -2.29. The highest BCUT2D eigenvalue weighted by Gasteiger charge is 2.18. The monoisotopic (exact) mass is 388 g/mol. The van der Waals surface area contributed by atoms with E-state index >= 15 is 0 Å². The van der Waals surface area contributed by atoms with E-state index in [4.69, 9.17) is 11.6 Å². The molecule has 2 heterocycles. The molecule has 2 aromatic carbocycles. The van der Waals surface area contributed by atoms with Crippen molar-refractivity contribution in [3.05, 3.63) is 58.2 Å². The zero-order chi connectivity index (χ0) is 18.1. The molecule has 4 rings (SSSR count). The van der Waals surface area contributed by atoms with Crippen molar-refractivity contribution in [1.29, 1.82) is 0 Å². The van der Waals surface area contributed by atoms with Crippen LogP contribution in [-0.2, 0) is 0 Å². The molecule has 1 N–H and O–H groups in total. The highest BCUT2D eigenvalue weighted by molar-refractivity contribution is 7.21. The van der Waals surface area contributed by atoms with E-state index in [1.807, 2.05) is 24.3 Å². The van der Waals surface area contributed by atoms with Gasteiger partial charge in [-0.05, 0) is 61.7 Å². The molecule has 0 saturated carbocycles. The summed E-state index contributed by atoms with van der Waals surface area (Å²) in [5.74, 6) is -0.613. The van der Waals surface area contributed by atoms with Gasteiger partial charge < -0.3 is 10.2 Å². The summed E-state index contributed by atoms with van der Waals surface area (Å²) >= 11 is 7.52. The summed E-state index contributed by atoms with van der Waals surface area (Å²) in [5, 5.41) is 3.95. The van der Waals surface area contributed by atoms with Crippen LogP contribution < -0.4 is 10.2 Å². The second-order valence-corrected chi connectivity index (χ2v) is 7.86. The maximum Gasteiger partial charge on any atom is 0.267 e. The molecule has 1 fully saturated rings. The summed E-state index contributed by atoms with van der Waals surface area (Å²) < 4.78 is 14.0. The van der Waals surface area contributed by atoms with E-state index in [1.54, 1.807) is 6.07 Å². The van der Waals surface area contributed by atoms with Gasteiger partial charge in [0.2, 0.25) is 0 Å². The molecule has 6 heteroatoms. The fourth-order valence-corrected chi connectivity index (χ4v) is 4.72. The van der Waals surface area contributed by atoms with Gasteiger partial charge >= 0.3 is 0 Å². The van der Waals surface area contributed by atoms with Crippen molar-refractivity contribution in [1.82, 2.24) is 0 Å². The van der Waals surface area contributed by atoms with Gasteiger partial charge in [0.1, 0.15) is 10.7 Å². The molecule has 1 aliphatic heterocycles. The third-order valence-corrected chi connectivity index (χ3v) is 6.30. The second-order valence-electron chi connectivity index (χ2n) is 6.43. The predicted molar refractivity (Wildman–Crippen MR) is 107 cm³/mol. The van der Waals surface area contributed by atoms with Crippen molar-refractivity contribution in [3.63, 3.8) is 0 Å². The summed E-state index contributed by atoms with van der Waals surface area (Å²) in [6.07, 6.45) is 3.75. The summed E-state index contributed by atoms with van der Waals surface area (Å²) in [4.78, 5) is 15.4. The van der Waals surface area contributed by atoms with Crippen LogP contribution in [0.4, 0.5) is 15.8 Å². The third kappa shape index (κ3) is 3.41. The van der Waals surface area contributed by atoms with Gasteiger partial charge in [-0.1, -0.05) is 11.6 Å². The van der Waals surface area contributed by atoms with Crippen LogP contribution >= 0.6 is 22.9 Å². The second kappa shape index (κ2) is 7.25. The number of thiophene rings is 1. The predicted octanol–water partition coefficient (Wildman–Crippen LogP) is 5.94. The molecular weight excluding hydrogens is 371 g/mol. The van der Waals surface area contributed by atoms with Crippen molar-refractivity contribution >= 4 is 50.3 Å². The number of nitrogens with zero attached hydrogens (tertiary/aromatic N) is 1. The van der Waals surface area contributed by atoms with Gasteiger partial charge in [0.05, 0.1) is 5.02 Å². The van der Waals surface area contributed by atoms with Gasteiger partial charge in [0.25, 0.3) is 5.91 Å². The SMILES string of the molecule is O=C(Nc1ccc(N2CCCCC2)cc1)c1sc2cc(F)ccc2c1Cl. The molecule has 0 bridgehead atoms. The van der Waals surface area contributed by atoms with Gasteiger partial charge in [-0.2, -0.15) is 0 Å². The van der Waals surface area contributed by atoms with Crippen molar-refractivity contribution in [2.45, 2.75) is 19.3 Å². The third-order valence-electron chi connectivity index (χ3n) is 4.64. The molecule has 1 aromatic heterocycles. The van der Waals surface area contributed by atoms with Crippen LogP contribution in [-0.4, -0.2) is 19.0 Å². The molecule has 26 heavy (non-hydrogen) atoms. The number of carbonyl (C=O) groups excluding carboxylic acids is 1. The van der Waals surface area contributed by atoms with E-state index in [-0.39, 0.29) is 11.7 Å². The number of piperidine rings is 1. The lowest BCUT2D eigenvalue weighted by Gasteiger charge is -2.28. The zero-order valence-electron chi connectivity index (χ0n) is 14.1. The topological polar surface area (TPSA) is 32.3 Å². The molecule has 0 spiro atoms. The van der Waals surface area contributed by atoms with Crippen LogP contribution in [0, 0.1) is 5.82 Å². The minimum Gasteiger partial charge on any atom is -0.372 e. The van der Waals surface area contributed by atoms with Crippen molar-refractivity contribution < 1.29 is 9.18 Å². The molecule has 134 valence electrons. The van der Waals surface area contributed by atoms with Crippen LogP contribution in [0.5, 0.6) is 0 Å². The number of hydrogen-bond acceptors (Lipinski definition) is 3. The molecule has 0 aliphatic carbocycles. The van der Waals surface area contributed by atoms with E-state index < -0.39 is 0 Å². The lowest BCUT2D eigenvalue weighted by molar-refractivity contribution is 0.103. The summed E-state index contributed by atoms with van der Waals surface area (Å²) in [6, 6.07) is 12.2. The van der Waals surface area contributed by atoms with Crippen LogP contribution in [0.2, 0.25) is 5.02 Å². The van der Waals surface area contributed by atoms with Gasteiger partial charge in [-0.3, -0.25) is 4.79 Å². The number of fused-ring (bicyclic) bond motifs is 1. The van der Waals surface area contributed by atoms with Crippen LogP contribution in [0.1, 0.15) is 28.9 Å². The molecule has 1 saturated heterocycles. The number of amides is 1. The highest BCUT2D eigenvalue weighted by atomic mass is 35.5. The molecule has 1 aliphatic rings. The molecule has 0 radical (unpaired) electrons. The van der Waals surface area contributed by atoms with E-state index in [9.17, 15) is 9.18 Å². The largest absolute Gasteiger partial charge is 0.372 e. The Labute approximate surface area is 160 Å². The first kappa shape index (κ1) is 17.3. The average Bonchev–Trinajstić information content (AvgIpc) is 2.99. The lowest BCUT2D eigenvalue weighted by atomic mass is 10.1. The fraction of sp³-hybridized carbons (Fsp3) is 0.250. The number of rotatable bonds is 3. The fourth-order valence-electron chi connectivity index (χ4n) is 3.28. The Morgan fingerprint density at radius 3 is 2.54 bits per heavy atom. The Morgan fingerprint density at radius 1 is 1.08 bits per heavy atom. The highest BCUT2D eigenvalue weighted by Crippen LogP contribution is 2.36. The Hall–Kier alpha value is -2.11. The van der Waals surface area contributed by atoms with Gasteiger partial charge in [-0.25, -0.2) is 4.39 Å². The number of carbonyl (C=O) groups is 1. The number of hydrogen-bond donors (Lipinski definition) is 1. The van der Waals surface area contributed by atoms with Crippen LogP contribution in [0.25, 0.3) is 10.1 Å². The quantitative estimate of drug-likeness (QED) is 0.602. The minimum atomic E-state index is -0.337. The van der Waals surface area contributed by atoms with E-state index in [1.165, 1.54) is 48.4 Å². The van der Waals surface area contributed by atoms with E-state index in [2.05, 4.69) is 10.2 Å². The van der Waals surface area contributed by atoms with Gasteiger partial charge in [0, 0.05) is 34.6 Å². The van der Waals surface area contributed by atoms with Crippen LogP contribution in [0.3, 0.4) is 0 Å². The van der Waals surface area contributed by atoms with E-state index in [0.29, 0.717) is 20.0 Å². The van der Waals surface area contributed by atoms with Gasteiger partial charge in [0.15, 0.2) is 0 Å². The smallest absolute Gasteiger partial charge is 0.267 e. The first-order valence-corrected chi connectivity index (χ1v) is 9.85. The average molecular weight is 389 g/mol. The maximum atomic E-state index is 13.4. The normalized spacial score (nSPS) is 14.6. The van der Waals surface area contributed by atoms with Crippen LogP contribution in [0.15, 0.2) is 42.5 Å². The molecule has 3 aromatic rings. The Kier molecular flexibility index (Phi) is 4.83. The van der Waals surface area contributed by atoms with Crippen molar-refractivity contribution in [2.24, 2.45) is 0 Å². The maximum absolute atomic E-state index is 13.4. The number of nitrogens with one attached hydrogen (secondary N) is 1. The Bertz CT molecular complexity index is 948. The number of anilines is 2. The molecule has 0 atom stereocenters. The standard InChI is InChI=1S/C20H18ClFN2OS/c21-18-16-9-4-13(22)12-17(16)26-19(18)20(25)23-14-5-7-15(8-6-14)24-10-2-1-3-11-24/h4-9,12H,1-3,10-11H2,(H,23,25). The Morgan fingerprint density at radius 2 is 1.81 bits per heavy atom. The summed E-state index contributed by atoms with van der Waals surface area (Å²) in [7, 11) is 0. The minimum absolute atomic E-state index is 0.276. The molecule has 1 amide bonds.